The number of hydrogen-bond donors (Lipinski definition) is 0. The Hall–Kier alpha value is -1.68. The van der Waals surface area contributed by atoms with Crippen LogP contribution >= 0.6 is 11.6 Å². The lowest BCUT2D eigenvalue weighted by Gasteiger charge is -1.96. The molecular formula is C11H11ClN4. The Kier molecular flexibility index (Phi) is 3.66. The van der Waals surface area contributed by atoms with Crippen LogP contribution < -0.4 is 0 Å². The van der Waals surface area contributed by atoms with Crippen molar-refractivity contribution in [2.24, 2.45) is 0 Å². The van der Waals surface area contributed by atoms with E-state index in [1.807, 2.05) is 23.0 Å². The molecule has 0 radical (unpaired) electrons. The van der Waals surface area contributed by atoms with Gasteiger partial charge in [-0.05, 0) is 24.1 Å². The highest BCUT2D eigenvalue weighted by atomic mass is 35.5. The highest BCUT2D eigenvalue weighted by Gasteiger charge is 1.90. The van der Waals surface area contributed by atoms with Crippen LogP contribution in [0.25, 0.3) is 6.08 Å². The molecule has 82 valence electrons. The molecule has 0 spiro atoms. The molecule has 0 aliphatic heterocycles. The predicted molar refractivity (Wildman–Crippen MR) is 62.9 cm³/mol. The number of allylic oxidation sites excluding steroid dienone is 1. The highest BCUT2D eigenvalue weighted by molar-refractivity contribution is 6.28. The summed E-state index contributed by atoms with van der Waals surface area (Å²) in [6.45, 7) is 0.873. The zero-order chi connectivity index (χ0) is 11.2. The van der Waals surface area contributed by atoms with Gasteiger partial charge in [-0.2, -0.15) is 5.10 Å². The summed E-state index contributed by atoms with van der Waals surface area (Å²) in [5.74, 6) is 0. The molecule has 0 unspecified atom stereocenters. The molecule has 2 rings (SSSR count). The van der Waals surface area contributed by atoms with E-state index >= 15 is 0 Å². The summed E-state index contributed by atoms with van der Waals surface area (Å²) in [6, 6.07) is 1.91. The van der Waals surface area contributed by atoms with Gasteiger partial charge < -0.3 is 0 Å². The first-order valence-electron chi connectivity index (χ1n) is 4.96. The summed E-state index contributed by atoms with van der Waals surface area (Å²) in [4.78, 5) is 7.79. The van der Waals surface area contributed by atoms with E-state index in [0.717, 1.165) is 18.5 Å². The average Bonchev–Trinajstić information content (AvgIpc) is 2.80. The fraction of sp³-hybridized carbons (Fsp3) is 0.182. The third kappa shape index (κ3) is 3.17. The van der Waals surface area contributed by atoms with Crippen LogP contribution in [0, 0.1) is 0 Å². The monoisotopic (exact) mass is 234 g/mol. The van der Waals surface area contributed by atoms with Crippen molar-refractivity contribution in [1.82, 2.24) is 19.7 Å². The molecule has 2 aromatic heterocycles. The Morgan fingerprint density at radius 2 is 2.12 bits per heavy atom. The molecule has 0 saturated carbocycles. The quantitative estimate of drug-likeness (QED) is 0.764. The summed E-state index contributed by atoms with van der Waals surface area (Å²) in [5.41, 5.74) is 0.949. The second kappa shape index (κ2) is 5.42. The van der Waals surface area contributed by atoms with Crippen molar-refractivity contribution >= 4 is 17.7 Å². The predicted octanol–water partition coefficient (Wildman–Crippen LogP) is 2.43. The Bertz CT molecular complexity index is 447. The fourth-order valence-corrected chi connectivity index (χ4v) is 1.36. The van der Waals surface area contributed by atoms with E-state index < -0.39 is 0 Å². The van der Waals surface area contributed by atoms with E-state index in [1.165, 1.54) is 0 Å². The molecular weight excluding hydrogens is 224 g/mol. The minimum atomic E-state index is 0.272. The molecule has 0 aromatic carbocycles. The maximum Gasteiger partial charge on any atom is 0.222 e. The minimum Gasteiger partial charge on any atom is -0.272 e. The Morgan fingerprint density at radius 1 is 1.31 bits per heavy atom. The number of rotatable bonds is 4. The molecule has 0 aliphatic rings. The lowest BCUT2D eigenvalue weighted by atomic mass is 10.3. The lowest BCUT2D eigenvalue weighted by Crippen LogP contribution is -1.96. The van der Waals surface area contributed by atoms with Crippen molar-refractivity contribution in [3.63, 3.8) is 0 Å². The normalized spacial score (nSPS) is 11.1. The van der Waals surface area contributed by atoms with Gasteiger partial charge in [0.05, 0.1) is 0 Å². The lowest BCUT2D eigenvalue weighted by molar-refractivity contribution is 0.624. The van der Waals surface area contributed by atoms with Crippen LogP contribution in [0.15, 0.2) is 36.9 Å². The average molecular weight is 235 g/mol. The number of aromatic nitrogens is 4. The number of halogens is 1. The molecule has 5 heteroatoms. The molecule has 0 amide bonds. The summed E-state index contributed by atoms with van der Waals surface area (Å²) >= 11 is 5.58. The van der Waals surface area contributed by atoms with Gasteiger partial charge in [-0.15, -0.1) is 0 Å². The standard InChI is InChI=1S/C11H11ClN4/c12-11-13-8-10(9-14-11)4-1-2-6-16-7-3-5-15-16/h1,3-5,7-9H,2,6H2/b4-1+. The second-order valence-electron chi connectivity index (χ2n) is 3.25. The van der Waals surface area contributed by atoms with Crippen molar-refractivity contribution in [3.05, 3.63) is 47.8 Å². The van der Waals surface area contributed by atoms with E-state index in [2.05, 4.69) is 21.1 Å². The third-order valence-corrected chi connectivity index (χ3v) is 2.23. The van der Waals surface area contributed by atoms with Gasteiger partial charge in [0, 0.05) is 36.9 Å². The fourth-order valence-electron chi connectivity index (χ4n) is 1.27. The van der Waals surface area contributed by atoms with Gasteiger partial charge in [-0.25, -0.2) is 9.97 Å². The van der Waals surface area contributed by atoms with Gasteiger partial charge in [0.25, 0.3) is 0 Å². The van der Waals surface area contributed by atoms with Gasteiger partial charge in [0.2, 0.25) is 5.28 Å². The Labute approximate surface area is 98.6 Å². The SMILES string of the molecule is Clc1ncc(/C=C/CCn2cccn2)cn1. The largest absolute Gasteiger partial charge is 0.272 e. The van der Waals surface area contributed by atoms with Crippen LogP contribution in [-0.4, -0.2) is 19.7 Å². The Balaban J connectivity index is 1.83. The van der Waals surface area contributed by atoms with E-state index in [0.29, 0.717) is 0 Å². The summed E-state index contributed by atoms with van der Waals surface area (Å²) in [5, 5.41) is 4.38. The molecule has 2 aromatic rings. The first-order valence-corrected chi connectivity index (χ1v) is 5.34. The molecule has 2 heterocycles. The number of hydrogen-bond acceptors (Lipinski definition) is 3. The van der Waals surface area contributed by atoms with Crippen molar-refractivity contribution in [2.45, 2.75) is 13.0 Å². The van der Waals surface area contributed by atoms with E-state index in [4.69, 9.17) is 11.6 Å². The maximum absolute atomic E-state index is 5.58. The van der Waals surface area contributed by atoms with Gasteiger partial charge in [-0.3, -0.25) is 4.68 Å². The van der Waals surface area contributed by atoms with Crippen LogP contribution in [0.2, 0.25) is 5.28 Å². The van der Waals surface area contributed by atoms with Crippen LogP contribution in [0.5, 0.6) is 0 Å². The minimum absolute atomic E-state index is 0.272. The third-order valence-electron chi connectivity index (χ3n) is 2.03. The highest BCUT2D eigenvalue weighted by Crippen LogP contribution is 2.03. The molecule has 4 nitrogen and oxygen atoms in total. The molecule has 0 N–H and O–H groups in total. The molecule has 0 aliphatic carbocycles. The first-order chi connectivity index (χ1) is 7.84. The smallest absolute Gasteiger partial charge is 0.222 e. The van der Waals surface area contributed by atoms with Crippen molar-refractivity contribution in [2.75, 3.05) is 0 Å². The summed E-state index contributed by atoms with van der Waals surface area (Å²) in [7, 11) is 0. The van der Waals surface area contributed by atoms with E-state index in [-0.39, 0.29) is 5.28 Å². The van der Waals surface area contributed by atoms with Crippen LogP contribution in [-0.2, 0) is 6.54 Å². The van der Waals surface area contributed by atoms with Crippen molar-refractivity contribution in [1.29, 1.82) is 0 Å². The Morgan fingerprint density at radius 3 is 2.81 bits per heavy atom. The first kappa shape index (κ1) is 10.8. The van der Waals surface area contributed by atoms with Crippen LogP contribution in [0.4, 0.5) is 0 Å². The summed E-state index contributed by atoms with van der Waals surface area (Å²) < 4.78 is 1.89. The zero-order valence-corrected chi connectivity index (χ0v) is 9.38. The zero-order valence-electron chi connectivity index (χ0n) is 8.62. The van der Waals surface area contributed by atoms with Gasteiger partial charge in [-0.1, -0.05) is 12.2 Å². The van der Waals surface area contributed by atoms with Crippen LogP contribution in [0.1, 0.15) is 12.0 Å². The van der Waals surface area contributed by atoms with E-state index in [1.54, 1.807) is 18.6 Å². The van der Waals surface area contributed by atoms with E-state index in [9.17, 15) is 0 Å². The summed E-state index contributed by atoms with van der Waals surface area (Å²) in [6.07, 6.45) is 12.1. The topological polar surface area (TPSA) is 43.6 Å². The molecule has 0 bridgehead atoms. The number of nitrogens with zero attached hydrogens (tertiary/aromatic N) is 4. The maximum atomic E-state index is 5.58. The molecule has 0 atom stereocenters. The van der Waals surface area contributed by atoms with Gasteiger partial charge >= 0.3 is 0 Å². The number of aryl methyl sites for hydroxylation is 1. The van der Waals surface area contributed by atoms with Gasteiger partial charge in [0.15, 0.2) is 0 Å². The van der Waals surface area contributed by atoms with Crippen molar-refractivity contribution in [3.8, 4) is 0 Å². The van der Waals surface area contributed by atoms with Gasteiger partial charge in [0.1, 0.15) is 0 Å². The molecule has 16 heavy (non-hydrogen) atoms. The molecule has 0 fully saturated rings. The molecule has 0 saturated heterocycles. The van der Waals surface area contributed by atoms with Crippen molar-refractivity contribution < 1.29 is 0 Å². The van der Waals surface area contributed by atoms with Crippen LogP contribution in [0.3, 0.4) is 0 Å². The second-order valence-corrected chi connectivity index (χ2v) is 3.58.